The highest BCUT2D eigenvalue weighted by Crippen LogP contribution is 2.59. The van der Waals surface area contributed by atoms with E-state index in [0.29, 0.717) is 24.9 Å². The van der Waals surface area contributed by atoms with Crippen molar-refractivity contribution in [2.45, 2.75) is 63.8 Å². The molecular weight excluding hydrogens is 498 g/mol. The van der Waals surface area contributed by atoms with Crippen LogP contribution < -0.4 is 9.80 Å². The van der Waals surface area contributed by atoms with Crippen LogP contribution in [0.25, 0.3) is 0 Å². The maximum atomic E-state index is 14.5. The fraction of sp³-hybridized carbons (Fsp3) is 0.567. The maximum absolute atomic E-state index is 14.5. The Hall–Kier alpha value is -3.17. The molecule has 0 saturated carbocycles. The van der Waals surface area contributed by atoms with Gasteiger partial charge >= 0.3 is 5.97 Å². The van der Waals surface area contributed by atoms with Crippen molar-refractivity contribution in [2.75, 3.05) is 42.6 Å². The van der Waals surface area contributed by atoms with Crippen LogP contribution in [0.5, 0.6) is 0 Å². The predicted molar refractivity (Wildman–Crippen MR) is 149 cm³/mol. The Bertz CT molecular complexity index is 1080. The van der Waals surface area contributed by atoms with E-state index >= 15 is 0 Å². The molecule has 2 bridgehead atoms. The molecule has 3 heterocycles. The van der Waals surface area contributed by atoms with E-state index in [1.807, 2.05) is 31.2 Å². The lowest BCUT2D eigenvalue weighted by atomic mass is 9.70. The summed E-state index contributed by atoms with van der Waals surface area (Å²) in [5.41, 5.74) is 0.561. The number of ether oxygens (including phenoxy) is 2. The summed E-state index contributed by atoms with van der Waals surface area (Å²) in [7, 11) is 0. The molecule has 3 aliphatic heterocycles. The molecule has 9 heteroatoms. The van der Waals surface area contributed by atoms with Crippen molar-refractivity contribution in [2.24, 2.45) is 11.8 Å². The molecule has 2 amide bonds. The quantitative estimate of drug-likeness (QED) is 0.304. The zero-order chi connectivity index (χ0) is 28.3. The summed E-state index contributed by atoms with van der Waals surface area (Å²) in [5, 5.41) is 10.2. The lowest BCUT2D eigenvalue weighted by Crippen LogP contribution is -2.59. The van der Waals surface area contributed by atoms with E-state index in [-0.39, 0.29) is 31.6 Å². The van der Waals surface area contributed by atoms with Crippen molar-refractivity contribution in [3.05, 3.63) is 49.6 Å². The normalized spacial score (nSPS) is 27.7. The van der Waals surface area contributed by atoms with Crippen LogP contribution in [-0.2, 0) is 23.9 Å². The summed E-state index contributed by atoms with van der Waals surface area (Å²) in [6.07, 6.45) is 4.10. The van der Waals surface area contributed by atoms with Gasteiger partial charge in [-0.25, -0.2) is 0 Å². The highest BCUT2D eigenvalue weighted by atomic mass is 16.6. The molecule has 0 aromatic heterocycles. The van der Waals surface area contributed by atoms with Gasteiger partial charge in [0, 0.05) is 31.0 Å². The van der Waals surface area contributed by atoms with E-state index in [4.69, 9.17) is 9.47 Å². The molecule has 1 aromatic rings. The van der Waals surface area contributed by atoms with Crippen molar-refractivity contribution in [3.63, 3.8) is 0 Å². The van der Waals surface area contributed by atoms with Gasteiger partial charge in [0.05, 0.1) is 30.6 Å². The average molecular weight is 540 g/mol. The first-order valence-electron chi connectivity index (χ1n) is 14.0. The van der Waals surface area contributed by atoms with Crippen LogP contribution in [0, 0.1) is 11.8 Å². The lowest BCUT2D eigenvalue weighted by Gasteiger charge is -2.39. The van der Waals surface area contributed by atoms with Gasteiger partial charge in [-0.1, -0.05) is 25.7 Å². The number of anilines is 2. The second-order valence-corrected chi connectivity index (χ2v) is 10.4. The minimum Gasteiger partial charge on any atom is -0.461 e. The van der Waals surface area contributed by atoms with Crippen LogP contribution in [0.4, 0.5) is 11.4 Å². The first kappa shape index (κ1) is 28.8. The third kappa shape index (κ3) is 4.76. The number of nitrogens with zero attached hydrogens (tertiary/aromatic N) is 3. The molecule has 9 nitrogen and oxygen atoms in total. The summed E-state index contributed by atoms with van der Waals surface area (Å²) in [6, 6.07) is 6.19. The molecule has 0 aliphatic carbocycles. The Balaban J connectivity index is 1.75. The standard InChI is InChI=1S/C30H41N3O6/c1-6-17-32(22-13-11-21(12-14-22)31(9-4)10-5)28(36)26-30-16-15-23(39-30)24(29(37)38-18-7-2)25(30)27(35)33(26)20(8-3)19-34/h6-7,11-14,20,23-26,34H,1-2,8-10,15-19H2,3-5H3/t20-,23-,24+,25-,26?,30?/m0/s1. The summed E-state index contributed by atoms with van der Waals surface area (Å²) < 4.78 is 11.8. The highest BCUT2D eigenvalue weighted by molar-refractivity contribution is 6.05. The number of fused-ring (bicyclic) bond motifs is 1. The Kier molecular flexibility index (Phi) is 8.81. The molecule has 1 aromatic carbocycles. The minimum atomic E-state index is -1.17. The SMILES string of the molecule is C=CCOC(=O)[C@@H]1[C@@H]2CCC3(O2)C(C(=O)N(CC=C)c2ccc(N(CC)CC)cc2)N([C@@H](CC)CO)C(=O)[C@H]13. The topological polar surface area (TPSA) is 99.6 Å². The van der Waals surface area contributed by atoms with E-state index in [1.54, 1.807) is 11.0 Å². The summed E-state index contributed by atoms with van der Waals surface area (Å²) >= 11 is 0. The molecule has 3 aliphatic rings. The van der Waals surface area contributed by atoms with E-state index < -0.39 is 41.6 Å². The van der Waals surface area contributed by atoms with Crippen molar-refractivity contribution in [1.82, 2.24) is 4.90 Å². The molecule has 3 fully saturated rings. The van der Waals surface area contributed by atoms with Crippen molar-refractivity contribution < 1.29 is 29.0 Å². The average Bonchev–Trinajstić information content (AvgIpc) is 3.60. The Morgan fingerprint density at radius 3 is 2.41 bits per heavy atom. The monoisotopic (exact) mass is 539 g/mol. The summed E-state index contributed by atoms with van der Waals surface area (Å²) in [5.74, 6) is -2.82. The van der Waals surface area contributed by atoms with Gasteiger partial charge in [0.25, 0.3) is 5.91 Å². The van der Waals surface area contributed by atoms with E-state index in [1.165, 1.54) is 11.0 Å². The number of rotatable bonds is 13. The molecule has 39 heavy (non-hydrogen) atoms. The van der Waals surface area contributed by atoms with Crippen molar-refractivity contribution in [1.29, 1.82) is 0 Å². The van der Waals surface area contributed by atoms with Crippen molar-refractivity contribution in [3.8, 4) is 0 Å². The smallest absolute Gasteiger partial charge is 0.312 e. The molecule has 6 atom stereocenters. The number of hydrogen-bond acceptors (Lipinski definition) is 7. The Morgan fingerprint density at radius 1 is 1.18 bits per heavy atom. The molecule has 1 spiro atoms. The predicted octanol–water partition coefficient (Wildman–Crippen LogP) is 2.93. The third-order valence-electron chi connectivity index (χ3n) is 8.53. The number of amides is 2. The zero-order valence-electron chi connectivity index (χ0n) is 23.3. The number of esters is 1. The second kappa shape index (κ2) is 11.9. The zero-order valence-corrected chi connectivity index (χ0v) is 23.3. The van der Waals surface area contributed by atoms with Gasteiger partial charge in [-0.2, -0.15) is 0 Å². The molecule has 4 rings (SSSR count). The Morgan fingerprint density at radius 2 is 1.85 bits per heavy atom. The van der Waals surface area contributed by atoms with Crippen molar-refractivity contribution >= 4 is 29.2 Å². The van der Waals surface area contributed by atoms with Gasteiger partial charge in [-0.3, -0.25) is 14.4 Å². The first-order chi connectivity index (χ1) is 18.8. The fourth-order valence-corrected chi connectivity index (χ4v) is 6.71. The molecular formula is C30H41N3O6. The highest BCUT2D eigenvalue weighted by Gasteiger charge is 2.75. The van der Waals surface area contributed by atoms with Gasteiger partial charge < -0.3 is 29.3 Å². The molecule has 0 radical (unpaired) electrons. The number of carbonyl (C=O) groups is 3. The Labute approximate surface area is 231 Å². The number of hydrogen-bond donors (Lipinski definition) is 1. The minimum absolute atomic E-state index is 0.0346. The number of aliphatic hydroxyl groups excluding tert-OH is 1. The van der Waals surface area contributed by atoms with Crippen LogP contribution in [0.3, 0.4) is 0 Å². The van der Waals surface area contributed by atoms with Crippen LogP contribution >= 0.6 is 0 Å². The van der Waals surface area contributed by atoms with Gasteiger partial charge in [0.1, 0.15) is 18.2 Å². The van der Waals surface area contributed by atoms with E-state index in [9.17, 15) is 19.5 Å². The number of likely N-dealkylation sites (tertiary alicyclic amines) is 1. The van der Waals surface area contributed by atoms with Crippen LogP contribution in [-0.4, -0.2) is 84.4 Å². The molecule has 2 unspecified atom stereocenters. The number of benzene rings is 1. The van der Waals surface area contributed by atoms with Gasteiger partial charge in [0.15, 0.2) is 0 Å². The van der Waals surface area contributed by atoms with E-state index in [0.717, 1.165) is 18.8 Å². The molecule has 212 valence electrons. The van der Waals surface area contributed by atoms with Crippen LogP contribution in [0.15, 0.2) is 49.6 Å². The number of aliphatic hydroxyl groups is 1. The second-order valence-electron chi connectivity index (χ2n) is 10.4. The summed E-state index contributed by atoms with van der Waals surface area (Å²) in [6.45, 7) is 15.2. The van der Waals surface area contributed by atoms with Gasteiger partial charge in [-0.05, 0) is 57.4 Å². The first-order valence-corrected chi connectivity index (χ1v) is 14.0. The molecule has 3 saturated heterocycles. The van der Waals surface area contributed by atoms with Gasteiger partial charge in [0.2, 0.25) is 5.91 Å². The molecule has 1 N–H and O–H groups in total. The fourth-order valence-electron chi connectivity index (χ4n) is 6.71. The lowest BCUT2D eigenvalue weighted by molar-refractivity contribution is -0.154. The summed E-state index contributed by atoms with van der Waals surface area (Å²) in [4.78, 5) is 47.0. The largest absolute Gasteiger partial charge is 0.461 e. The number of carbonyl (C=O) groups excluding carboxylic acids is 3. The van der Waals surface area contributed by atoms with Crippen LogP contribution in [0.1, 0.15) is 40.0 Å². The van der Waals surface area contributed by atoms with Gasteiger partial charge in [-0.15, -0.1) is 6.58 Å². The van der Waals surface area contributed by atoms with Crippen LogP contribution in [0.2, 0.25) is 0 Å². The third-order valence-corrected chi connectivity index (χ3v) is 8.53. The van der Waals surface area contributed by atoms with E-state index in [2.05, 4.69) is 31.9 Å². The maximum Gasteiger partial charge on any atom is 0.312 e.